The Balaban J connectivity index is 1.28. The number of nitro groups is 1. The van der Waals surface area contributed by atoms with Gasteiger partial charge in [0.1, 0.15) is 0 Å². The van der Waals surface area contributed by atoms with E-state index in [1.165, 1.54) is 27.4 Å². The van der Waals surface area contributed by atoms with Crippen molar-refractivity contribution in [2.24, 2.45) is 0 Å². The summed E-state index contributed by atoms with van der Waals surface area (Å²) in [5.41, 5.74) is 5.47. The molecule has 0 bridgehead atoms. The van der Waals surface area contributed by atoms with Crippen molar-refractivity contribution >= 4 is 33.4 Å². The highest BCUT2D eigenvalue weighted by Gasteiger charge is 2.25. The minimum Gasteiger partial charge on any atom is -0.341 e. The van der Waals surface area contributed by atoms with Gasteiger partial charge < -0.3 is 9.47 Å². The third-order valence-electron chi connectivity index (χ3n) is 7.14. The Bertz CT molecular complexity index is 1420. The molecule has 1 amide bonds. The maximum Gasteiger partial charge on any atom is 0.275 e. The lowest BCUT2D eigenvalue weighted by Crippen LogP contribution is -2.48. The van der Waals surface area contributed by atoms with E-state index in [0.29, 0.717) is 29.8 Å². The normalized spacial score (nSPS) is 14.7. The summed E-state index contributed by atoms with van der Waals surface area (Å²) in [6.45, 7) is 10.2. The number of nitrogens with zero attached hydrogens (tertiary/aromatic N) is 4. The van der Waals surface area contributed by atoms with Gasteiger partial charge >= 0.3 is 0 Å². The van der Waals surface area contributed by atoms with Gasteiger partial charge in [0.15, 0.2) is 0 Å². The summed E-state index contributed by atoms with van der Waals surface area (Å²) < 4.78 is 2.36. The van der Waals surface area contributed by atoms with Gasteiger partial charge in [0.25, 0.3) is 11.6 Å². The van der Waals surface area contributed by atoms with Crippen molar-refractivity contribution in [3.8, 4) is 0 Å². The molecule has 0 atom stereocenters. The minimum absolute atomic E-state index is 0.0560. The van der Waals surface area contributed by atoms with E-state index < -0.39 is 0 Å². The van der Waals surface area contributed by atoms with Crippen molar-refractivity contribution in [2.75, 3.05) is 26.2 Å². The fraction of sp³-hybridized carbons (Fsp3) is 0.321. The average molecular weight is 471 g/mol. The zero-order chi connectivity index (χ0) is 24.7. The molecule has 1 fully saturated rings. The lowest BCUT2D eigenvalue weighted by molar-refractivity contribution is -0.386. The van der Waals surface area contributed by atoms with E-state index in [2.05, 4.69) is 58.9 Å². The number of aromatic nitrogens is 1. The van der Waals surface area contributed by atoms with E-state index >= 15 is 0 Å². The van der Waals surface area contributed by atoms with Crippen molar-refractivity contribution in [1.82, 2.24) is 14.4 Å². The van der Waals surface area contributed by atoms with Gasteiger partial charge in [-0.1, -0.05) is 24.3 Å². The number of fused-ring (bicyclic) bond motifs is 3. The number of carbonyl (C=O) groups is 1. The monoisotopic (exact) mass is 470 g/mol. The first-order valence-corrected chi connectivity index (χ1v) is 12.1. The summed E-state index contributed by atoms with van der Waals surface area (Å²) in [5, 5.41) is 13.8. The van der Waals surface area contributed by atoms with Crippen molar-refractivity contribution in [2.45, 2.75) is 33.9 Å². The zero-order valence-corrected chi connectivity index (χ0v) is 20.5. The second kappa shape index (κ2) is 9.15. The number of benzene rings is 3. The predicted octanol–water partition coefficient (Wildman–Crippen LogP) is 5.30. The number of hydrogen-bond donors (Lipinski definition) is 0. The number of nitro benzene ring substituents is 1. The maximum absolute atomic E-state index is 13.1. The fourth-order valence-electron chi connectivity index (χ4n) is 5.46. The first kappa shape index (κ1) is 23.1. The molecule has 0 radical (unpaired) electrons. The van der Waals surface area contributed by atoms with Gasteiger partial charge in [0.2, 0.25) is 0 Å². The Morgan fingerprint density at radius 2 is 1.57 bits per heavy atom. The van der Waals surface area contributed by atoms with E-state index in [9.17, 15) is 14.9 Å². The molecule has 35 heavy (non-hydrogen) atoms. The zero-order valence-electron chi connectivity index (χ0n) is 20.5. The van der Waals surface area contributed by atoms with Gasteiger partial charge in [-0.05, 0) is 56.7 Å². The van der Waals surface area contributed by atoms with Crippen molar-refractivity contribution < 1.29 is 9.72 Å². The number of para-hydroxylation sites is 1. The summed E-state index contributed by atoms with van der Waals surface area (Å²) in [5.74, 6) is -0.0560. The molecule has 0 unspecified atom stereocenters. The van der Waals surface area contributed by atoms with E-state index in [0.717, 1.165) is 26.2 Å². The number of piperazine rings is 1. The Morgan fingerprint density at radius 3 is 2.23 bits per heavy atom. The van der Waals surface area contributed by atoms with Gasteiger partial charge in [-0.25, -0.2) is 0 Å². The molecule has 4 aromatic rings. The number of aryl methyl sites for hydroxylation is 3. The Kier molecular flexibility index (Phi) is 6.03. The summed E-state index contributed by atoms with van der Waals surface area (Å²) in [4.78, 5) is 28.2. The van der Waals surface area contributed by atoms with Crippen molar-refractivity contribution in [1.29, 1.82) is 0 Å². The van der Waals surface area contributed by atoms with E-state index in [1.54, 1.807) is 26.0 Å². The lowest BCUT2D eigenvalue weighted by Gasteiger charge is -2.35. The van der Waals surface area contributed by atoms with Gasteiger partial charge in [0.05, 0.1) is 4.92 Å². The lowest BCUT2D eigenvalue weighted by atomic mass is 10.0. The Morgan fingerprint density at radius 1 is 0.914 bits per heavy atom. The summed E-state index contributed by atoms with van der Waals surface area (Å²) in [7, 11) is 0. The van der Waals surface area contributed by atoms with Crippen molar-refractivity contribution in [3.05, 3.63) is 87.0 Å². The first-order valence-electron chi connectivity index (χ1n) is 12.1. The highest BCUT2D eigenvalue weighted by Crippen LogP contribution is 2.30. The van der Waals surface area contributed by atoms with Crippen LogP contribution in [0.5, 0.6) is 0 Å². The molecule has 1 aromatic heterocycles. The summed E-state index contributed by atoms with van der Waals surface area (Å²) in [6.07, 6.45) is 0. The predicted molar refractivity (Wildman–Crippen MR) is 139 cm³/mol. The van der Waals surface area contributed by atoms with Gasteiger partial charge in [-0.3, -0.25) is 19.8 Å². The molecule has 0 spiro atoms. The van der Waals surface area contributed by atoms with Crippen molar-refractivity contribution in [3.63, 3.8) is 0 Å². The second-order valence-corrected chi connectivity index (χ2v) is 9.40. The van der Waals surface area contributed by atoms with Crippen LogP contribution in [-0.4, -0.2) is 51.4 Å². The Hall–Kier alpha value is -3.71. The van der Waals surface area contributed by atoms with Crippen LogP contribution in [0.25, 0.3) is 21.8 Å². The van der Waals surface area contributed by atoms with Crippen LogP contribution in [0.2, 0.25) is 0 Å². The molecule has 180 valence electrons. The third-order valence-corrected chi connectivity index (χ3v) is 7.14. The van der Waals surface area contributed by atoms with Crippen LogP contribution in [-0.2, 0) is 13.1 Å². The van der Waals surface area contributed by atoms with Crippen LogP contribution >= 0.6 is 0 Å². The molecule has 5 rings (SSSR count). The van der Waals surface area contributed by atoms with E-state index in [-0.39, 0.29) is 16.5 Å². The minimum atomic E-state index is -0.380. The standard InChI is InChI=1S/C28H30N4O3/c1-4-31-25-8-6-5-7-23(25)24-17-21(9-10-26(24)31)18-29-11-13-30(14-12-29)28(33)22-15-19(2)27(32(34)35)20(3)16-22/h5-10,15-17H,4,11-14,18H2,1-3H3. The molecule has 0 saturated carbocycles. The smallest absolute Gasteiger partial charge is 0.275 e. The van der Waals surface area contributed by atoms with Crippen LogP contribution < -0.4 is 0 Å². The van der Waals surface area contributed by atoms with Gasteiger partial charge in [-0.2, -0.15) is 0 Å². The molecule has 2 heterocycles. The second-order valence-electron chi connectivity index (χ2n) is 9.40. The molecule has 7 heteroatoms. The quantitative estimate of drug-likeness (QED) is 0.293. The molecule has 7 nitrogen and oxygen atoms in total. The average Bonchev–Trinajstić information content (AvgIpc) is 3.16. The first-order chi connectivity index (χ1) is 16.9. The number of rotatable bonds is 5. The highest BCUT2D eigenvalue weighted by atomic mass is 16.6. The largest absolute Gasteiger partial charge is 0.341 e. The molecule has 1 aliphatic rings. The number of hydrogen-bond acceptors (Lipinski definition) is 4. The van der Waals surface area contributed by atoms with Gasteiger partial charge in [0, 0.05) is 77.8 Å². The summed E-state index contributed by atoms with van der Waals surface area (Å²) in [6, 6.07) is 18.6. The maximum atomic E-state index is 13.1. The number of carbonyl (C=O) groups excluding carboxylic acids is 1. The van der Waals surface area contributed by atoms with Crippen LogP contribution in [0.15, 0.2) is 54.6 Å². The van der Waals surface area contributed by atoms with Crippen LogP contribution in [0.4, 0.5) is 5.69 Å². The fourth-order valence-corrected chi connectivity index (χ4v) is 5.46. The van der Waals surface area contributed by atoms with Crippen LogP contribution in [0, 0.1) is 24.0 Å². The number of amides is 1. The Labute approximate surface area is 204 Å². The van der Waals surface area contributed by atoms with Crippen LogP contribution in [0.1, 0.15) is 34.0 Å². The van der Waals surface area contributed by atoms with Gasteiger partial charge in [-0.15, -0.1) is 0 Å². The highest BCUT2D eigenvalue weighted by molar-refractivity contribution is 6.08. The molecular weight excluding hydrogens is 440 g/mol. The summed E-state index contributed by atoms with van der Waals surface area (Å²) >= 11 is 0. The third kappa shape index (κ3) is 4.17. The molecule has 1 aliphatic heterocycles. The molecule has 1 saturated heterocycles. The molecule has 3 aromatic carbocycles. The topological polar surface area (TPSA) is 71.6 Å². The SMILES string of the molecule is CCn1c2ccccc2c2cc(CN3CCN(C(=O)c4cc(C)c([N+](=O)[O-])c(C)c4)CC3)ccc21. The molecule has 0 aliphatic carbocycles. The van der Waals surface area contributed by atoms with E-state index in [4.69, 9.17) is 0 Å². The molecule has 0 N–H and O–H groups in total. The molecular formula is C28H30N4O3. The van der Waals surface area contributed by atoms with Crippen LogP contribution in [0.3, 0.4) is 0 Å². The van der Waals surface area contributed by atoms with E-state index in [1.807, 2.05) is 4.90 Å².